The van der Waals surface area contributed by atoms with E-state index in [0.717, 1.165) is 10.2 Å². The van der Waals surface area contributed by atoms with Gasteiger partial charge in [-0.15, -0.1) is 0 Å². The highest BCUT2D eigenvalue weighted by molar-refractivity contribution is 9.10. The fourth-order valence-electron chi connectivity index (χ4n) is 2.72. The molecule has 152 valence electrons. The summed E-state index contributed by atoms with van der Waals surface area (Å²) in [5.74, 6) is 1.74. The molecule has 2 aromatic carbocycles. The van der Waals surface area contributed by atoms with Crippen LogP contribution in [-0.4, -0.2) is 25.7 Å². The van der Waals surface area contributed by atoms with Crippen LogP contribution in [0.1, 0.15) is 51.7 Å². The number of carbonyl (C=O) groups excluding carboxylic acids is 1. The molecule has 2 rings (SSSR count). The third kappa shape index (κ3) is 6.55. The highest BCUT2D eigenvalue weighted by Crippen LogP contribution is 2.31. The topological polar surface area (TPSA) is 47.6 Å². The Bertz CT molecular complexity index is 797. The lowest BCUT2D eigenvalue weighted by Crippen LogP contribution is -2.32. The van der Waals surface area contributed by atoms with Gasteiger partial charge in [-0.05, 0) is 56.6 Å². The van der Waals surface area contributed by atoms with Crippen LogP contribution in [0, 0.1) is 0 Å². The molecule has 0 spiro atoms. The van der Waals surface area contributed by atoms with Crippen LogP contribution in [0.3, 0.4) is 0 Å². The third-order valence-corrected chi connectivity index (χ3v) is 5.00. The molecule has 1 N–H and O–H groups in total. The normalized spacial score (nSPS) is 11.4. The van der Waals surface area contributed by atoms with E-state index in [9.17, 15) is 4.79 Å². The van der Waals surface area contributed by atoms with Crippen LogP contribution in [0.4, 0.5) is 0 Å². The monoisotopic (exact) mass is 447 g/mol. The summed E-state index contributed by atoms with van der Waals surface area (Å²) in [6.07, 6.45) is 0. The van der Waals surface area contributed by atoms with E-state index in [2.05, 4.69) is 61.9 Å². The van der Waals surface area contributed by atoms with Crippen molar-refractivity contribution in [1.82, 2.24) is 5.32 Å². The quantitative estimate of drug-likeness (QED) is 0.547. The second-order valence-corrected chi connectivity index (χ2v) is 8.93. The second-order valence-electron chi connectivity index (χ2n) is 8.07. The summed E-state index contributed by atoms with van der Waals surface area (Å²) in [5.41, 5.74) is 2.43. The van der Waals surface area contributed by atoms with E-state index in [4.69, 9.17) is 9.47 Å². The van der Waals surface area contributed by atoms with Gasteiger partial charge in [0, 0.05) is 0 Å². The summed E-state index contributed by atoms with van der Waals surface area (Å²) in [4.78, 5) is 12.0. The molecule has 0 aliphatic heterocycles. The molecular formula is C23H30BrNO3. The first-order valence-corrected chi connectivity index (χ1v) is 10.4. The maximum Gasteiger partial charge on any atom is 0.258 e. The SMILES string of the molecule is CC(C)c1ccccc1OCCNC(=O)COc1ccc(C(C)(C)C)cc1Br. The van der Waals surface area contributed by atoms with Crippen molar-refractivity contribution in [3.05, 3.63) is 58.1 Å². The van der Waals surface area contributed by atoms with Crippen molar-refractivity contribution in [2.24, 2.45) is 0 Å². The maximum atomic E-state index is 12.0. The zero-order valence-electron chi connectivity index (χ0n) is 17.3. The van der Waals surface area contributed by atoms with Crippen LogP contribution < -0.4 is 14.8 Å². The summed E-state index contributed by atoms with van der Waals surface area (Å²) in [6, 6.07) is 13.9. The number of carbonyl (C=O) groups is 1. The van der Waals surface area contributed by atoms with E-state index in [0.29, 0.717) is 24.8 Å². The average molecular weight is 448 g/mol. The number of amides is 1. The Morgan fingerprint density at radius 2 is 1.79 bits per heavy atom. The first-order chi connectivity index (χ1) is 13.2. The molecule has 5 heteroatoms. The smallest absolute Gasteiger partial charge is 0.258 e. The molecule has 0 bridgehead atoms. The van der Waals surface area contributed by atoms with Gasteiger partial charge in [0.15, 0.2) is 6.61 Å². The lowest BCUT2D eigenvalue weighted by molar-refractivity contribution is -0.123. The fraction of sp³-hybridized carbons (Fsp3) is 0.435. The molecule has 0 saturated heterocycles. The predicted octanol–water partition coefficient (Wildman–Crippen LogP) is 5.44. The Morgan fingerprint density at radius 1 is 1.07 bits per heavy atom. The highest BCUT2D eigenvalue weighted by atomic mass is 79.9. The van der Waals surface area contributed by atoms with Crippen LogP contribution in [0.2, 0.25) is 0 Å². The number of nitrogens with one attached hydrogen (secondary N) is 1. The van der Waals surface area contributed by atoms with Crippen molar-refractivity contribution >= 4 is 21.8 Å². The fourth-order valence-corrected chi connectivity index (χ4v) is 3.21. The Hall–Kier alpha value is -2.01. The maximum absolute atomic E-state index is 12.0. The van der Waals surface area contributed by atoms with E-state index >= 15 is 0 Å². The molecule has 0 fully saturated rings. The van der Waals surface area contributed by atoms with Gasteiger partial charge >= 0.3 is 0 Å². The Labute approximate surface area is 176 Å². The minimum Gasteiger partial charge on any atom is -0.491 e. The number of ether oxygens (including phenoxy) is 2. The van der Waals surface area contributed by atoms with Crippen molar-refractivity contribution in [1.29, 1.82) is 0 Å². The van der Waals surface area contributed by atoms with Gasteiger partial charge < -0.3 is 14.8 Å². The number of para-hydroxylation sites is 1. The summed E-state index contributed by atoms with van der Waals surface area (Å²) < 4.78 is 12.3. The van der Waals surface area contributed by atoms with Crippen molar-refractivity contribution in [3.8, 4) is 11.5 Å². The van der Waals surface area contributed by atoms with Crippen molar-refractivity contribution in [2.75, 3.05) is 19.8 Å². The average Bonchev–Trinajstić information content (AvgIpc) is 2.63. The molecule has 0 aromatic heterocycles. The van der Waals surface area contributed by atoms with E-state index in [-0.39, 0.29) is 17.9 Å². The standard InChI is InChI=1S/C23H30BrNO3/c1-16(2)18-8-6-7-9-20(18)27-13-12-25-22(26)15-28-21-11-10-17(14-19(21)24)23(3,4)5/h6-11,14,16H,12-13,15H2,1-5H3,(H,25,26). The molecule has 4 nitrogen and oxygen atoms in total. The van der Waals surface area contributed by atoms with Gasteiger partial charge in [0.2, 0.25) is 0 Å². The predicted molar refractivity (Wildman–Crippen MR) is 117 cm³/mol. The Morgan fingerprint density at radius 3 is 2.43 bits per heavy atom. The minimum absolute atomic E-state index is 0.0317. The van der Waals surface area contributed by atoms with Crippen LogP contribution in [0.5, 0.6) is 11.5 Å². The van der Waals surface area contributed by atoms with Gasteiger partial charge in [0.05, 0.1) is 11.0 Å². The Kier molecular flexibility index (Phi) is 7.93. The molecule has 0 saturated carbocycles. The van der Waals surface area contributed by atoms with Gasteiger partial charge in [0.1, 0.15) is 18.1 Å². The molecule has 0 aliphatic rings. The van der Waals surface area contributed by atoms with Crippen molar-refractivity contribution < 1.29 is 14.3 Å². The molecule has 0 atom stereocenters. The number of halogens is 1. The first-order valence-electron chi connectivity index (χ1n) is 9.59. The number of benzene rings is 2. The Balaban J connectivity index is 1.77. The van der Waals surface area contributed by atoms with Crippen LogP contribution in [0.25, 0.3) is 0 Å². The summed E-state index contributed by atoms with van der Waals surface area (Å²) in [6.45, 7) is 11.5. The van der Waals surface area contributed by atoms with Crippen molar-refractivity contribution in [3.63, 3.8) is 0 Å². The van der Waals surface area contributed by atoms with Crippen LogP contribution in [0.15, 0.2) is 46.9 Å². The minimum atomic E-state index is -0.174. The second kappa shape index (κ2) is 9.97. The van der Waals surface area contributed by atoms with E-state index in [1.165, 1.54) is 11.1 Å². The number of hydrogen-bond donors (Lipinski definition) is 1. The van der Waals surface area contributed by atoms with Gasteiger partial charge in [0.25, 0.3) is 5.91 Å². The lowest BCUT2D eigenvalue weighted by Gasteiger charge is -2.20. The third-order valence-electron chi connectivity index (χ3n) is 4.38. The zero-order valence-corrected chi connectivity index (χ0v) is 18.9. The summed E-state index contributed by atoms with van der Waals surface area (Å²) in [5, 5.41) is 2.82. The lowest BCUT2D eigenvalue weighted by atomic mass is 9.87. The van der Waals surface area contributed by atoms with Gasteiger partial charge in [-0.1, -0.05) is 58.9 Å². The molecule has 0 aliphatic carbocycles. The van der Waals surface area contributed by atoms with E-state index < -0.39 is 0 Å². The molecule has 0 heterocycles. The van der Waals surface area contributed by atoms with Gasteiger partial charge in [-0.2, -0.15) is 0 Å². The van der Waals surface area contributed by atoms with Gasteiger partial charge in [-0.25, -0.2) is 0 Å². The highest BCUT2D eigenvalue weighted by Gasteiger charge is 2.15. The van der Waals surface area contributed by atoms with E-state index in [1.807, 2.05) is 36.4 Å². The molecule has 2 aromatic rings. The van der Waals surface area contributed by atoms with Gasteiger partial charge in [-0.3, -0.25) is 4.79 Å². The van der Waals surface area contributed by atoms with Crippen LogP contribution in [-0.2, 0) is 10.2 Å². The molecule has 28 heavy (non-hydrogen) atoms. The zero-order chi connectivity index (χ0) is 20.7. The number of rotatable bonds is 8. The number of hydrogen-bond acceptors (Lipinski definition) is 3. The van der Waals surface area contributed by atoms with Crippen LogP contribution >= 0.6 is 15.9 Å². The first kappa shape index (κ1) is 22.3. The summed E-state index contributed by atoms with van der Waals surface area (Å²) >= 11 is 3.52. The van der Waals surface area contributed by atoms with E-state index in [1.54, 1.807) is 0 Å². The molecule has 1 amide bonds. The van der Waals surface area contributed by atoms with Crippen molar-refractivity contribution in [2.45, 2.75) is 46.0 Å². The molecular weight excluding hydrogens is 418 g/mol. The molecule has 0 radical (unpaired) electrons. The molecule has 0 unspecified atom stereocenters. The largest absolute Gasteiger partial charge is 0.491 e. The summed E-state index contributed by atoms with van der Waals surface area (Å²) in [7, 11) is 0.